The van der Waals surface area contributed by atoms with Gasteiger partial charge in [-0.1, -0.05) is 11.2 Å². The second kappa shape index (κ2) is 8.74. The molecule has 150 valence electrons. The third-order valence-corrected chi connectivity index (χ3v) is 6.32. The summed E-state index contributed by atoms with van der Waals surface area (Å²) in [6.07, 6.45) is 3.45. The number of hydrogen-bond acceptors (Lipinski definition) is 5. The van der Waals surface area contributed by atoms with Crippen LogP contribution in [0.2, 0.25) is 0 Å². The van der Waals surface area contributed by atoms with Crippen molar-refractivity contribution >= 4 is 23.4 Å². The minimum absolute atomic E-state index is 0.00263. The first-order valence-electron chi connectivity index (χ1n) is 9.76. The number of carbonyl (C=O) groups excluding carboxylic acids is 1. The van der Waals surface area contributed by atoms with Crippen molar-refractivity contribution in [2.45, 2.75) is 37.2 Å². The topological polar surface area (TPSA) is 64.4 Å². The standard InChI is InChI=1S/C23H24N2O3S/c1-15(23(26)24-19-9-6-16-4-3-5-18(16)12-19)29-14-21-13-22(25-28-21)17-7-10-20(27-2)11-8-17/h6-13,15H,3-5,14H2,1-2H3,(H,24,26). The summed E-state index contributed by atoms with van der Waals surface area (Å²) in [5.74, 6) is 2.14. The van der Waals surface area contributed by atoms with Gasteiger partial charge >= 0.3 is 0 Å². The van der Waals surface area contributed by atoms with Gasteiger partial charge in [-0.2, -0.15) is 0 Å². The highest BCUT2D eigenvalue weighted by Crippen LogP contribution is 2.27. The van der Waals surface area contributed by atoms with Gasteiger partial charge in [-0.25, -0.2) is 0 Å². The number of nitrogens with zero attached hydrogens (tertiary/aromatic N) is 1. The van der Waals surface area contributed by atoms with Gasteiger partial charge in [0.2, 0.25) is 5.91 Å². The van der Waals surface area contributed by atoms with Gasteiger partial charge in [0.15, 0.2) is 0 Å². The highest BCUT2D eigenvalue weighted by Gasteiger charge is 2.17. The van der Waals surface area contributed by atoms with Crippen molar-refractivity contribution in [2.24, 2.45) is 0 Å². The molecule has 0 spiro atoms. The van der Waals surface area contributed by atoms with Crippen LogP contribution in [0.4, 0.5) is 5.69 Å². The number of aryl methyl sites for hydroxylation is 2. The van der Waals surface area contributed by atoms with Crippen LogP contribution in [0.1, 0.15) is 30.2 Å². The van der Waals surface area contributed by atoms with Crippen molar-refractivity contribution in [3.8, 4) is 17.0 Å². The van der Waals surface area contributed by atoms with Gasteiger partial charge in [-0.05, 0) is 73.7 Å². The van der Waals surface area contributed by atoms with Gasteiger partial charge in [0, 0.05) is 17.3 Å². The zero-order valence-electron chi connectivity index (χ0n) is 16.6. The van der Waals surface area contributed by atoms with E-state index >= 15 is 0 Å². The quantitative estimate of drug-likeness (QED) is 0.589. The molecule has 1 N–H and O–H groups in total. The van der Waals surface area contributed by atoms with Gasteiger partial charge < -0.3 is 14.6 Å². The van der Waals surface area contributed by atoms with E-state index in [1.807, 2.05) is 43.3 Å². The van der Waals surface area contributed by atoms with E-state index in [4.69, 9.17) is 9.26 Å². The summed E-state index contributed by atoms with van der Waals surface area (Å²) in [5, 5.41) is 6.97. The normalized spacial score (nSPS) is 13.7. The number of anilines is 1. The SMILES string of the molecule is COc1ccc(-c2cc(CSC(C)C(=O)Nc3ccc4c(c3)CCC4)on2)cc1. The number of carbonyl (C=O) groups is 1. The van der Waals surface area contributed by atoms with Crippen LogP contribution in [-0.4, -0.2) is 23.4 Å². The van der Waals surface area contributed by atoms with Crippen LogP contribution in [0.25, 0.3) is 11.3 Å². The molecule has 2 aromatic carbocycles. The van der Waals surface area contributed by atoms with Crippen molar-refractivity contribution in [3.63, 3.8) is 0 Å². The van der Waals surface area contributed by atoms with Gasteiger partial charge in [0.25, 0.3) is 0 Å². The maximum atomic E-state index is 12.5. The van der Waals surface area contributed by atoms with Crippen LogP contribution in [0.15, 0.2) is 53.1 Å². The van der Waals surface area contributed by atoms with E-state index < -0.39 is 0 Å². The van der Waals surface area contributed by atoms with E-state index in [1.165, 1.54) is 29.3 Å². The third-order valence-electron chi connectivity index (χ3n) is 5.16. The molecule has 1 atom stereocenters. The van der Waals surface area contributed by atoms with Crippen LogP contribution in [0.5, 0.6) is 5.75 Å². The minimum atomic E-state index is -0.196. The van der Waals surface area contributed by atoms with Crippen LogP contribution in [-0.2, 0) is 23.4 Å². The maximum absolute atomic E-state index is 12.5. The number of benzene rings is 2. The molecule has 0 fully saturated rings. The molecule has 1 heterocycles. The molecule has 0 bridgehead atoms. The summed E-state index contributed by atoms with van der Waals surface area (Å²) in [4.78, 5) is 12.5. The average molecular weight is 409 g/mol. The second-order valence-corrected chi connectivity index (χ2v) is 8.52. The molecule has 3 aromatic rings. The molecule has 1 amide bonds. The Kier molecular flexibility index (Phi) is 5.90. The number of rotatable bonds is 7. The predicted molar refractivity (Wildman–Crippen MR) is 116 cm³/mol. The van der Waals surface area contributed by atoms with Gasteiger partial charge in [-0.15, -0.1) is 11.8 Å². The van der Waals surface area contributed by atoms with Crippen molar-refractivity contribution in [1.29, 1.82) is 0 Å². The largest absolute Gasteiger partial charge is 0.497 e. The summed E-state index contributed by atoms with van der Waals surface area (Å²) in [6, 6.07) is 15.8. The Labute approximate surface area is 174 Å². The molecule has 1 aliphatic carbocycles. The number of thioether (sulfide) groups is 1. The third kappa shape index (κ3) is 4.65. The van der Waals surface area contributed by atoms with Gasteiger partial charge in [-0.3, -0.25) is 4.79 Å². The van der Waals surface area contributed by atoms with Crippen LogP contribution < -0.4 is 10.1 Å². The number of hydrogen-bond donors (Lipinski definition) is 1. The van der Waals surface area contributed by atoms with E-state index in [1.54, 1.807) is 7.11 Å². The fraction of sp³-hybridized carbons (Fsp3) is 0.304. The first-order valence-corrected chi connectivity index (χ1v) is 10.8. The molecule has 0 saturated heterocycles. The number of ether oxygens (including phenoxy) is 1. The van der Waals surface area contributed by atoms with Gasteiger partial charge in [0.1, 0.15) is 17.2 Å². The second-order valence-electron chi connectivity index (χ2n) is 7.19. The average Bonchev–Trinajstić information content (AvgIpc) is 3.41. The number of methoxy groups -OCH3 is 1. The first-order chi connectivity index (χ1) is 14.1. The molecule has 1 aromatic heterocycles. The molecular formula is C23H24N2O3S. The molecule has 1 aliphatic rings. The fourth-order valence-corrected chi connectivity index (χ4v) is 4.22. The Hall–Kier alpha value is -2.73. The molecule has 6 heteroatoms. The Balaban J connectivity index is 1.31. The van der Waals surface area contributed by atoms with Crippen molar-refractivity contribution in [1.82, 2.24) is 5.16 Å². The van der Waals surface area contributed by atoms with Gasteiger partial charge in [0.05, 0.1) is 18.1 Å². The Bertz CT molecular complexity index is 998. The summed E-state index contributed by atoms with van der Waals surface area (Å²) in [7, 11) is 1.64. The van der Waals surface area contributed by atoms with E-state index in [0.717, 1.165) is 41.3 Å². The lowest BCUT2D eigenvalue weighted by Crippen LogP contribution is -2.22. The van der Waals surface area contributed by atoms with Crippen molar-refractivity contribution in [3.05, 3.63) is 65.4 Å². The lowest BCUT2D eigenvalue weighted by Gasteiger charge is -2.12. The highest BCUT2D eigenvalue weighted by molar-refractivity contribution is 7.99. The van der Waals surface area contributed by atoms with Crippen LogP contribution >= 0.6 is 11.8 Å². The Morgan fingerprint density at radius 3 is 2.76 bits per heavy atom. The molecule has 5 nitrogen and oxygen atoms in total. The summed E-state index contributed by atoms with van der Waals surface area (Å²) in [5.41, 5.74) is 5.38. The Morgan fingerprint density at radius 1 is 1.17 bits per heavy atom. The molecule has 1 unspecified atom stereocenters. The predicted octanol–water partition coefficient (Wildman–Crippen LogP) is 5.10. The Morgan fingerprint density at radius 2 is 1.97 bits per heavy atom. The van der Waals surface area contributed by atoms with E-state index in [-0.39, 0.29) is 11.2 Å². The van der Waals surface area contributed by atoms with E-state index in [9.17, 15) is 4.79 Å². The summed E-state index contributed by atoms with van der Waals surface area (Å²) in [6.45, 7) is 1.91. The number of nitrogens with one attached hydrogen (secondary N) is 1. The van der Waals surface area contributed by atoms with Crippen LogP contribution in [0.3, 0.4) is 0 Å². The first kappa shape index (κ1) is 19.6. The van der Waals surface area contributed by atoms with E-state index in [0.29, 0.717) is 5.75 Å². The number of aromatic nitrogens is 1. The highest BCUT2D eigenvalue weighted by atomic mass is 32.2. The molecule has 0 saturated carbocycles. The minimum Gasteiger partial charge on any atom is -0.497 e. The van der Waals surface area contributed by atoms with E-state index in [2.05, 4.69) is 22.6 Å². The number of amides is 1. The zero-order chi connectivity index (χ0) is 20.2. The molecule has 29 heavy (non-hydrogen) atoms. The summed E-state index contributed by atoms with van der Waals surface area (Å²) >= 11 is 1.53. The lowest BCUT2D eigenvalue weighted by molar-refractivity contribution is -0.115. The van der Waals surface area contributed by atoms with Crippen molar-refractivity contribution in [2.75, 3.05) is 12.4 Å². The lowest BCUT2D eigenvalue weighted by atomic mass is 10.1. The summed E-state index contributed by atoms with van der Waals surface area (Å²) < 4.78 is 10.6. The maximum Gasteiger partial charge on any atom is 0.237 e. The number of fused-ring (bicyclic) bond motifs is 1. The molecular weight excluding hydrogens is 384 g/mol. The molecule has 0 aliphatic heterocycles. The smallest absolute Gasteiger partial charge is 0.237 e. The van der Waals surface area contributed by atoms with Crippen LogP contribution in [0, 0.1) is 0 Å². The fourth-order valence-electron chi connectivity index (χ4n) is 3.46. The molecule has 0 radical (unpaired) electrons. The monoisotopic (exact) mass is 408 g/mol. The molecule has 4 rings (SSSR count). The van der Waals surface area contributed by atoms with Crippen molar-refractivity contribution < 1.29 is 14.1 Å². The zero-order valence-corrected chi connectivity index (χ0v) is 17.4.